The number of pyridine rings is 1. The summed E-state index contributed by atoms with van der Waals surface area (Å²) in [6.45, 7) is 2.41. The largest absolute Gasteiger partial charge is 0.370 e. The minimum absolute atomic E-state index is 0.0646. The molecule has 0 unspecified atom stereocenters. The van der Waals surface area contributed by atoms with E-state index >= 15 is 0 Å². The van der Waals surface area contributed by atoms with Gasteiger partial charge in [-0.3, -0.25) is 4.79 Å². The van der Waals surface area contributed by atoms with Crippen molar-refractivity contribution in [3.05, 3.63) is 66.2 Å². The molecule has 2 aromatic carbocycles. The van der Waals surface area contributed by atoms with Gasteiger partial charge in [0.1, 0.15) is 5.82 Å². The van der Waals surface area contributed by atoms with E-state index in [-0.39, 0.29) is 5.91 Å². The third-order valence-corrected chi connectivity index (χ3v) is 5.89. The summed E-state index contributed by atoms with van der Waals surface area (Å²) in [6.07, 6.45) is 4.10. The molecule has 5 heteroatoms. The van der Waals surface area contributed by atoms with E-state index in [1.807, 2.05) is 12.1 Å². The van der Waals surface area contributed by atoms with Gasteiger partial charge in [0, 0.05) is 43.7 Å². The van der Waals surface area contributed by atoms with Crippen molar-refractivity contribution >= 4 is 28.3 Å². The number of para-hydroxylation sites is 2. The predicted molar refractivity (Wildman–Crippen MR) is 124 cm³/mol. The van der Waals surface area contributed by atoms with Crippen LogP contribution in [-0.2, 0) is 11.3 Å². The lowest BCUT2D eigenvalue weighted by Gasteiger charge is -2.30. The van der Waals surface area contributed by atoms with E-state index in [1.165, 1.54) is 16.6 Å². The Kier molecular flexibility index (Phi) is 6.17. The zero-order chi connectivity index (χ0) is 20.9. The normalized spacial score (nSPS) is 18.7. The third kappa shape index (κ3) is 4.90. The number of nitrogens with zero attached hydrogens (tertiary/aromatic N) is 2. The summed E-state index contributed by atoms with van der Waals surface area (Å²) in [7, 11) is 2.13. The molecule has 0 bridgehead atoms. The van der Waals surface area contributed by atoms with Crippen LogP contribution in [0.3, 0.4) is 0 Å². The topological polar surface area (TPSA) is 57.3 Å². The zero-order valence-corrected chi connectivity index (χ0v) is 17.8. The number of fused-ring (bicyclic) bond motifs is 1. The number of carbonyl (C=O) groups excluding carboxylic acids is 1. The minimum Gasteiger partial charge on any atom is -0.370 e. The lowest BCUT2D eigenvalue weighted by Crippen LogP contribution is -2.39. The molecule has 1 fully saturated rings. The van der Waals surface area contributed by atoms with Crippen molar-refractivity contribution in [1.29, 1.82) is 0 Å². The molecule has 3 aromatic rings. The van der Waals surface area contributed by atoms with E-state index in [2.05, 4.69) is 71.1 Å². The van der Waals surface area contributed by atoms with E-state index in [4.69, 9.17) is 4.98 Å². The summed E-state index contributed by atoms with van der Waals surface area (Å²) in [6, 6.07) is 21.7. The quantitative estimate of drug-likeness (QED) is 0.626. The molecule has 5 nitrogen and oxygen atoms in total. The molecule has 1 aliphatic carbocycles. The molecular formula is C25H30N4O. The average Bonchev–Trinajstić information content (AvgIpc) is 2.75. The Balaban J connectivity index is 1.51. The molecule has 2 N–H and O–H groups in total. The Morgan fingerprint density at radius 1 is 1.00 bits per heavy atom. The van der Waals surface area contributed by atoms with E-state index in [1.54, 1.807) is 6.92 Å². The maximum absolute atomic E-state index is 11.3. The van der Waals surface area contributed by atoms with Crippen molar-refractivity contribution in [2.45, 2.75) is 51.2 Å². The highest BCUT2D eigenvalue weighted by Gasteiger charge is 2.22. The van der Waals surface area contributed by atoms with Gasteiger partial charge in [0.05, 0.1) is 5.52 Å². The number of amides is 1. The number of hydrogen-bond acceptors (Lipinski definition) is 4. The number of benzene rings is 2. The average molecular weight is 403 g/mol. The molecule has 1 saturated carbocycles. The van der Waals surface area contributed by atoms with E-state index in [9.17, 15) is 4.79 Å². The fourth-order valence-electron chi connectivity index (χ4n) is 4.36. The molecule has 0 atom stereocenters. The van der Waals surface area contributed by atoms with Crippen LogP contribution in [0.2, 0.25) is 0 Å². The monoisotopic (exact) mass is 402 g/mol. The van der Waals surface area contributed by atoms with Crippen molar-refractivity contribution in [2.24, 2.45) is 0 Å². The van der Waals surface area contributed by atoms with Gasteiger partial charge in [0.15, 0.2) is 0 Å². The molecule has 1 aromatic heterocycles. The highest BCUT2D eigenvalue weighted by molar-refractivity contribution is 5.84. The lowest BCUT2D eigenvalue weighted by atomic mass is 9.91. The first-order valence-electron chi connectivity index (χ1n) is 10.8. The van der Waals surface area contributed by atoms with Gasteiger partial charge >= 0.3 is 0 Å². The first kappa shape index (κ1) is 20.2. The molecule has 4 rings (SSSR count). The maximum Gasteiger partial charge on any atom is 0.217 e. The SMILES string of the molecule is CC(=O)NC1CCC(Nc2cc(CN(C)c3ccccc3)c3ccccc3n2)CC1. The number of carbonyl (C=O) groups is 1. The summed E-state index contributed by atoms with van der Waals surface area (Å²) in [5.41, 5.74) is 3.48. The lowest BCUT2D eigenvalue weighted by molar-refractivity contribution is -0.119. The third-order valence-electron chi connectivity index (χ3n) is 5.89. The second-order valence-electron chi connectivity index (χ2n) is 8.27. The van der Waals surface area contributed by atoms with E-state index in [0.717, 1.165) is 43.6 Å². The van der Waals surface area contributed by atoms with Gasteiger partial charge in [0.25, 0.3) is 0 Å². The standard InChI is InChI=1S/C25H30N4O/c1-18(30)26-20-12-14-21(15-13-20)27-25-16-19(23-10-6-7-11-24(23)28-25)17-29(2)22-8-4-3-5-9-22/h3-11,16,20-21H,12-15,17H2,1-2H3,(H,26,30)(H,27,28). The molecule has 30 heavy (non-hydrogen) atoms. The first-order chi connectivity index (χ1) is 14.6. The minimum atomic E-state index is 0.0646. The van der Waals surface area contributed by atoms with Crippen LogP contribution in [0.15, 0.2) is 60.7 Å². The smallest absolute Gasteiger partial charge is 0.217 e. The Hall–Kier alpha value is -3.08. The van der Waals surface area contributed by atoms with Crippen molar-refractivity contribution in [3.8, 4) is 0 Å². The Bertz CT molecular complexity index is 996. The summed E-state index contributed by atoms with van der Waals surface area (Å²) >= 11 is 0. The van der Waals surface area contributed by atoms with Crippen LogP contribution in [0, 0.1) is 0 Å². The van der Waals surface area contributed by atoms with Crippen molar-refractivity contribution in [1.82, 2.24) is 10.3 Å². The molecule has 1 aliphatic rings. The fraction of sp³-hybridized carbons (Fsp3) is 0.360. The van der Waals surface area contributed by atoms with Gasteiger partial charge in [-0.25, -0.2) is 4.98 Å². The van der Waals surface area contributed by atoms with E-state index in [0.29, 0.717) is 12.1 Å². The van der Waals surface area contributed by atoms with Crippen molar-refractivity contribution in [2.75, 3.05) is 17.3 Å². The summed E-state index contributed by atoms with van der Waals surface area (Å²) in [5, 5.41) is 7.90. The molecule has 0 spiro atoms. The van der Waals surface area contributed by atoms with E-state index < -0.39 is 0 Å². The number of anilines is 2. The number of aromatic nitrogens is 1. The van der Waals surface area contributed by atoms with Crippen LogP contribution in [0.1, 0.15) is 38.2 Å². The van der Waals surface area contributed by atoms with Gasteiger partial charge in [-0.05, 0) is 55.5 Å². The molecule has 0 saturated heterocycles. The Morgan fingerprint density at radius 2 is 1.67 bits per heavy atom. The molecule has 1 heterocycles. The molecule has 156 valence electrons. The summed E-state index contributed by atoms with van der Waals surface area (Å²) in [4.78, 5) is 18.4. The summed E-state index contributed by atoms with van der Waals surface area (Å²) in [5.74, 6) is 1.00. The molecule has 0 radical (unpaired) electrons. The van der Waals surface area contributed by atoms with Gasteiger partial charge < -0.3 is 15.5 Å². The van der Waals surface area contributed by atoms with Crippen molar-refractivity contribution < 1.29 is 4.79 Å². The summed E-state index contributed by atoms with van der Waals surface area (Å²) < 4.78 is 0. The second-order valence-corrected chi connectivity index (χ2v) is 8.27. The highest BCUT2D eigenvalue weighted by Crippen LogP contribution is 2.27. The van der Waals surface area contributed by atoms with Crippen LogP contribution in [0.4, 0.5) is 11.5 Å². The predicted octanol–water partition coefficient (Wildman–Crippen LogP) is 4.73. The molecular weight excluding hydrogens is 372 g/mol. The second kappa shape index (κ2) is 9.16. The van der Waals surface area contributed by atoms with Gasteiger partial charge in [-0.15, -0.1) is 0 Å². The van der Waals surface area contributed by atoms with Crippen LogP contribution < -0.4 is 15.5 Å². The number of rotatable bonds is 6. The highest BCUT2D eigenvalue weighted by atomic mass is 16.1. The van der Waals surface area contributed by atoms with Gasteiger partial charge in [0.2, 0.25) is 5.91 Å². The Morgan fingerprint density at radius 3 is 2.40 bits per heavy atom. The number of hydrogen-bond donors (Lipinski definition) is 2. The number of nitrogens with one attached hydrogen (secondary N) is 2. The van der Waals surface area contributed by atoms with Crippen molar-refractivity contribution in [3.63, 3.8) is 0 Å². The molecule has 1 amide bonds. The van der Waals surface area contributed by atoms with Crippen LogP contribution >= 0.6 is 0 Å². The van der Waals surface area contributed by atoms with Crippen LogP contribution in [-0.4, -0.2) is 30.0 Å². The maximum atomic E-state index is 11.3. The fourth-order valence-corrected chi connectivity index (χ4v) is 4.36. The van der Waals surface area contributed by atoms with Gasteiger partial charge in [-0.1, -0.05) is 36.4 Å². The molecule has 0 aliphatic heterocycles. The van der Waals surface area contributed by atoms with Gasteiger partial charge in [-0.2, -0.15) is 0 Å². The zero-order valence-electron chi connectivity index (χ0n) is 17.8. The van der Waals surface area contributed by atoms with Crippen LogP contribution in [0.25, 0.3) is 10.9 Å². The Labute approximate surface area is 178 Å². The van der Waals surface area contributed by atoms with Crippen LogP contribution in [0.5, 0.6) is 0 Å². The first-order valence-corrected chi connectivity index (χ1v) is 10.8.